The third-order valence-electron chi connectivity index (χ3n) is 3.64. The van der Waals surface area contributed by atoms with Crippen molar-refractivity contribution in [1.29, 1.82) is 0 Å². The van der Waals surface area contributed by atoms with Crippen LogP contribution in [0.15, 0.2) is 48.5 Å². The van der Waals surface area contributed by atoms with Gasteiger partial charge < -0.3 is 5.32 Å². The maximum Gasteiger partial charge on any atom is 0.127 e. The molecule has 0 saturated heterocycles. The Labute approximate surface area is 120 Å². The van der Waals surface area contributed by atoms with Crippen molar-refractivity contribution in [1.82, 2.24) is 5.32 Å². The summed E-state index contributed by atoms with van der Waals surface area (Å²) in [4.78, 5) is 0. The van der Waals surface area contributed by atoms with Crippen LogP contribution in [-0.2, 0) is 12.0 Å². The van der Waals surface area contributed by atoms with Gasteiger partial charge in [0.05, 0.1) is 0 Å². The fourth-order valence-corrected chi connectivity index (χ4v) is 2.34. The largest absolute Gasteiger partial charge is 0.312 e. The van der Waals surface area contributed by atoms with E-state index in [0.29, 0.717) is 6.54 Å². The second kappa shape index (κ2) is 6.19. The Bertz CT molecular complexity index is 561. The van der Waals surface area contributed by atoms with E-state index in [2.05, 4.69) is 43.4 Å². The SMILES string of the molecule is Cc1ccc(F)c(CNCC(C)(C)c2ccccc2)c1. The molecule has 106 valence electrons. The summed E-state index contributed by atoms with van der Waals surface area (Å²) in [6.45, 7) is 7.74. The molecule has 0 amide bonds. The molecule has 0 aliphatic rings. The molecule has 20 heavy (non-hydrogen) atoms. The van der Waals surface area contributed by atoms with Crippen molar-refractivity contribution >= 4 is 0 Å². The number of halogens is 1. The summed E-state index contributed by atoms with van der Waals surface area (Å²) in [7, 11) is 0. The number of nitrogens with one attached hydrogen (secondary N) is 1. The van der Waals surface area contributed by atoms with Gasteiger partial charge in [-0.3, -0.25) is 0 Å². The van der Waals surface area contributed by atoms with Gasteiger partial charge in [0.25, 0.3) is 0 Å². The number of hydrogen-bond acceptors (Lipinski definition) is 1. The quantitative estimate of drug-likeness (QED) is 0.859. The van der Waals surface area contributed by atoms with Crippen molar-refractivity contribution in [2.45, 2.75) is 32.7 Å². The van der Waals surface area contributed by atoms with Crippen molar-refractivity contribution in [3.8, 4) is 0 Å². The molecule has 2 rings (SSSR count). The fraction of sp³-hybridized carbons (Fsp3) is 0.333. The van der Waals surface area contributed by atoms with Crippen LogP contribution in [0.25, 0.3) is 0 Å². The summed E-state index contributed by atoms with van der Waals surface area (Å²) in [6.07, 6.45) is 0. The summed E-state index contributed by atoms with van der Waals surface area (Å²) in [5, 5.41) is 3.37. The zero-order valence-corrected chi connectivity index (χ0v) is 12.4. The van der Waals surface area contributed by atoms with Gasteiger partial charge in [-0.2, -0.15) is 0 Å². The molecule has 2 aromatic carbocycles. The summed E-state index contributed by atoms with van der Waals surface area (Å²) in [6, 6.07) is 15.6. The van der Waals surface area contributed by atoms with E-state index in [1.807, 2.05) is 19.1 Å². The van der Waals surface area contributed by atoms with Crippen LogP contribution in [0.5, 0.6) is 0 Å². The lowest BCUT2D eigenvalue weighted by Gasteiger charge is -2.26. The third-order valence-corrected chi connectivity index (χ3v) is 3.64. The van der Waals surface area contributed by atoms with Gasteiger partial charge >= 0.3 is 0 Å². The Morgan fingerprint density at radius 3 is 2.45 bits per heavy atom. The molecular weight excluding hydrogens is 249 g/mol. The Morgan fingerprint density at radius 1 is 1.05 bits per heavy atom. The zero-order valence-electron chi connectivity index (χ0n) is 12.4. The summed E-state index contributed by atoms with van der Waals surface area (Å²) in [5.74, 6) is -0.138. The first-order valence-corrected chi connectivity index (χ1v) is 7.00. The van der Waals surface area contributed by atoms with Crippen LogP contribution in [0, 0.1) is 12.7 Å². The number of benzene rings is 2. The molecule has 1 N–H and O–H groups in total. The highest BCUT2D eigenvalue weighted by Crippen LogP contribution is 2.22. The Morgan fingerprint density at radius 2 is 1.75 bits per heavy atom. The molecular formula is C18H22FN. The topological polar surface area (TPSA) is 12.0 Å². The van der Waals surface area contributed by atoms with Crippen LogP contribution in [0.3, 0.4) is 0 Å². The minimum Gasteiger partial charge on any atom is -0.312 e. The van der Waals surface area contributed by atoms with E-state index >= 15 is 0 Å². The molecule has 0 aliphatic carbocycles. The van der Waals surface area contributed by atoms with Crippen molar-refractivity contribution in [2.75, 3.05) is 6.54 Å². The summed E-state index contributed by atoms with van der Waals surface area (Å²) in [5.41, 5.74) is 3.14. The van der Waals surface area contributed by atoms with E-state index in [-0.39, 0.29) is 11.2 Å². The summed E-state index contributed by atoms with van der Waals surface area (Å²) < 4.78 is 13.7. The number of aryl methyl sites for hydroxylation is 1. The highest BCUT2D eigenvalue weighted by Gasteiger charge is 2.19. The van der Waals surface area contributed by atoms with Gasteiger partial charge in [0.1, 0.15) is 5.82 Å². The first-order valence-electron chi connectivity index (χ1n) is 7.00. The minimum atomic E-state index is -0.138. The zero-order chi connectivity index (χ0) is 14.6. The second-order valence-corrected chi connectivity index (χ2v) is 5.95. The molecule has 0 radical (unpaired) electrons. The molecule has 2 heteroatoms. The van der Waals surface area contributed by atoms with Crippen LogP contribution in [0.4, 0.5) is 4.39 Å². The lowest BCUT2D eigenvalue weighted by molar-refractivity contribution is 0.463. The third kappa shape index (κ3) is 3.67. The van der Waals surface area contributed by atoms with E-state index in [1.165, 1.54) is 11.6 Å². The van der Waals surface area contributed by atoms with E-state index in [0.717, 1.165) is 17.7 Å². The predicted octanol–water partition coefficient (Wildman–Crippen LogP) is 4.20. The highest BCUT2D eigenvalue weighted by atomic mass is 19.1. The molecule has 0 atom stereocenters. The van der Waals surface area contributed by atoms with Crippen molar-refractivity contribution in [2.24, 2.45) is 0 Å². The van der Waals surface area contributed by atoms with Gasteiger partial charge in [-0.05, 0) is 18.6 Å². The van der Waals surface area contributed by atoms with Crippen LogP contribution in [0.2, 0.25) is 0 Å². The average molecular weight is 271 g/mol. The summed E-state index contributed by atoms with van der Waals surface area (Å²) >= 11 is 0. The van der Waals surface area contributed by atoms with E-state index < -0.39 is 0 Å². The van der Waals surface area contributed by atoms with E-state index in [4.69, 9.17) is 0 Å². The van der Waals surface area contributed by atoms with E-state index in [9.17, 15) is 4.39 Å². The highest BCUT2D eigenvalue weighted by molar-refractivity contribution is 5.25. The number of rotatable bonds is 5. The molecule has 0 spiro atoms. The lowest BCUT2D eigenvalue weighted by atomic mass is 9.84. The molecule has 0 aliphatic heterocycles. The van der Waals surface area contributed by atoms with E-state index in [1.54, 1.807) is 6.07 Å². The van der Waals surface area contributed by atoms with Crippen LogP contribution in [-0.4, -0.2) is 6.54 Å². The van der Waals surface area contributed by atoms with Crippen LogP contribution < -0.4 is 5.32 Å². The minimum absolute atomic E-state index is 0.0293. The smallest absolute Gasteiger partial charge is 0.127 e. The monoisotopic (exact) mass is 271 g/mol. The van der Waals surface area contributed by atoms with Crippen molar-refractivity contribution in [3.63, 3.8) is 0 Å². The average Bonchev–Trinajstić information content (AvgIpc) is 2.43. The Kier molecular flexibility index (Phi) is 4.56. The fourth-order valence-electron chi connectivity index (χ4n) is 2.34. The van der Waals surface area contributed by atoms with Gasteiger partial charge in [0.2, 0.25) is 0 Å². The first-order chi connectivity index (χ1) is 9.49. The molecule has 0 heterocycles. The standard InChI is InChI=1S/C18H22FN/c1-14-9-10-17(19)15(11-14)12-20-13-18(2,3)16-7-5-4-6-8-16/h4-11,20H,12-13H2,1-3H3. The maximum absolute atomic E-state index is 13.7. The lowest BCUT2D eigenvalue weighted by Crippen LogP contribution is -2.32. The molecule has 0 fully saturated rings. The van der Waals surface area contributed by atoms with Gasteiger partial charge in [-0.1, -0.05) is 61.9 Å². The maximum atomic E-state index is 13.7. The predicted molar refractivity (Wildman–Crippen MR) is 82.3 cm³/mol. The van der Waals surface area contributed by atoms with Crippen LogP contribution in [0.1, 0.15) is 30.5 Å². The molecule has 1 nitrogen and oxygen atoms in total. The normalized spacial score (nSPS) is 11.6. The van der Waals surface area contributed by atoms with Crippen molar-refractivity contribution in [3.05, 3.63) is 71.0 Å². The molecule has 2 aromatic rings. The van der Waals surface area contributed by atoms with Crippen molar-refractivity contribution < 1.29 is 4.39 Å². The molecule has 0 bridgehead atoms. The Hall–Kier alpha value is -1.67. The second-order valence-electron chi connectivity index (χ2n) is 5.95. The van der Waals surface area contributed by atoms with Gasteiger partial charge in [-0.15, -0.1) is 0 Å². The van der Waals surface area contributed by atoms with Crippen LogP contribution >= 0.6 is 0 Å². The molecule has 0 saturated carbocycles. The van der Waals surface area contributed by atoms with Gasteiger partial charge in [0.15, 0.2) is 0 Å². The Balaban J connectivity index is 1.97. The first kappa shape index (κ1) is 14.7. The molecule has 0 aromatic heterocycles. The molecule has 0 unspecified atom stereocenters. The van der Waals surface area contributed by atoms with Gasteiger partial charge in [-0.25, -0.2) is 4.39 Å². The number of hydrogen-bond donors (Lipinski definition) is 1. The van der Waals surface area contributed by atoms with Gasteiger partial charge in [0, 0.05) is 24.1 Å².